The van der Waals surface area contributed by atoms with Gasteiger partial charge >= 0.3 is 5.97 Å². The first kappa shape index (κ1) is 11.8. The van der Waals surface area contributed by atoms with Gasteiger partial charge in [0.1, 0.15) is 0 Å². The molecule has 90 valence electrons. The third-order valence-corrected chi connectivity index (χ3v) is 2.93. The molecule has 0 amide bonds. The summed E-state index contributed by atoms with van der Waals surface area (Å²) in [6, 6.07) is 8.30. The molecule has 1 aromatic carbocycles. The Kier molecular flexibility index (Phi) is 2.96. The number of ether oxygens (including phenoxy) is 1. The highest BCUT2D eigenvalue weighted by molar-refractivity contribution is 5.77. The third kappa shape index (κ3) is 2.07. The van der Waals surface area contributed by atoms with Crippen molar-refractivity contribution in [3.63, 3.8) is 0 Å². The SMILES string of the molecule is COC(=O)[C@@H]1C=CC(F)(F)[C@H]1c1ccccc1. The molecule has 2 nitrogen and oxygen atoms in total. The van der Waals surface area contributed by atoms with Crippen molar-refractivity contribution in [2.24, 2.45) is 5.92 Å². The van der Waals surface area contributed by atoms with Crippen molar-refractivity contribution in [1.82, 2.24) is 0 Å². The highest BCUT2D eigenvalue weighted by Gasteiger charge is 2.49. The molecule has 0 unspecified atom stereocenters. The minimum Gasteiger partial charge on any atom is -0.469 e. The number of hydrogen-bond acceptors (Lipinski definition) is 2. The zero-order valence-electron chi connectivity index (χ0n) is 9.27. The van der Waals surface area contributed by atoms with E-state index in [4.69, 9.17) is 0 Å². The lowest BCUT2D eigenvalue weighted by Gasteiger charge is -2.23. The topological polar surface area (TPSA) is 26.3 Å². The third-order valence-electron chi connectivity index (χ3n) is 2.93. The monoisotopic (exact) mass is 238 g/mol. The molecule has 0 saturated heterocycles. The number of methoxy groups -OCH3 is 1. The van der Waals surface area contributed by atoms with Crippen LogP contribution in [0.3, 0.4) is 0 Å². The Morgan fingerprint density at radius 1 is 1.29 bits per heavy atom. The van der Waals surface area contributed by atoms with Crippen molar-refractivity contribution >= 4 is 5.97 Å². The van der Waals surface area contributed by atoms with Gasteiger partial charge in [0.25, 0.3) is 5.92 Å². The number of carbonyl (C=O) groups excluding carboxylic acids is 1. The van der Waals surface area contributed by atoms with Gasteiger partial charge in [0.05, 0.1) is 18.9 Å². The Morgan fingerprint density at radius 3 is 2.53 bits per heavy atom. The maximum Gasteiger partial charge on any atom is 0.313 e. The molecule has 4 heteroatoms. The van der Waals surface area contributed by atoms with Crippen molar-refractivity contribution in [3.05, 3.63) is 48.0 Å². The van der Waals surface area contributed by atoms with Crippen LogP contribution >= 0.6 is 0 Å². The summed E-state index contributed by atoms with van der Waals surface area (Å²) in [5.41, 5.74) is 0.443. The van der Waals surface area contributed by atoms with Gasteiger partial charge in [-0.2, -0.15) is 0 Å². The van der Waals surface area contributed by atoms with E-state index in [1.807, 2.05) is 0 Å². The first-order valence-corrected chi connectivity index (χ1v) is 5.26. The van der Waals surface area contributed by atoms with Gasteiger partial charge in [-0.1, -0.05) is 36.4 Å². The molecule has 0 aromatic heterocycles. The molecule has 0 heterocycles. The van der Waals surface area contributed by atoms with E-state index in [1.165, 1.54) is 13.2 Å². The van der Waals surface area contributed by atoms with Crippen LogP contribution in [0.15, 0.2) is 42.5 Å². The number of esters is 1. The van der Waals surface area contributed by atoms with Crippen LogP contribution in [0.25, 0.3) is 0 Å². The van der Waals surface area contributed by atoms with Crippen molar-refractivity contribution in [2.75, 3.05) is 7.11 Å². The average molecular weight is 238 g/mol. The fraction of sp³-hybridized carbons (Fsp3) is 0.308. The van der Waals surface area contributed by atoms with Gasteiger partial charge in [0, 0.05) is 0 Å². The second-order valence-corrected chi connectivity index (χ2v) is 3.97. The lowest BCUT2D eigenvalue weighted by Crippen LogP contribution is -2.29. The predicted molar refractivity (Wildman–Crippen MR) is 58.8 cm³/mol. The Bertz CT molecular complexity index is 440. The average Bonchev–Trinajstić information content (AvgIpc) is 2.65. The molecule has 0 fully saturated rings. The molecule has 1 aromatic rings. The smallest absolute Gasteiger partial charge is 0.313 e. The molecule has 1 aliphatic rings. The zero-order valence-corrected chi connectivity index (χ0v) is 9.27. The molecule has 0 bridgehead atoms. The maximum absolute atomic E-state index is 13.7. The summed E-state index contributed by atoms with van der Waals surface area (Å²) in [6.07, 6.45) is 2.01. The van der Waals surface area contributed by atoms with Crippen molar-refractivity contribution < 1.29 is 18.3 Å². The first-order chi connectivity index (χ1) is 8.06. The molecule has 0 N–H and O–H groups in total. The zero-order chi connectivity index (χ0) is 12.5. The van der Waals surface area contributed by atoms with Crippen molar-refractivity contribution in [3.8, 4) is 0 Å². The summed E-state index contributed by atoms with van der Waals surface area (Å²) in [7, 11) is 1.20. The van der Waals surface area contributed by atoms with Crippen LogP contribution in [0, 0.1) is 5.92 Å². The minimum atomic E-state index is -3.01. The van der Waals surface area contributed by atoms with E-state index in [0.29, 0.717) is 5.56 Å². The minimum absolute atomic E-state index is 0.443. The summed E-state index contributed by atoms with van der Waals surface area (Å²) >= 11 is 0. The van der Waals surface area contributed by atoms with Gasteiger partial charge in [0.2, 0.25) is 0 Å². The van der Waals surface area contributed by atoms with Crippen LogP contribution in [0.4, 0.5) is 8.78 Å². The van der Waals surface area contributed by atoms with Gasteiger partial charge in [-0.25, -0.2) is 8.78 Å². The van der Waals surface area contributed by atoms with Gasteiger partial charge in [-0.3, -0.25) is 4.79 Å². The number of carbonyl (C=O) groups is 1. The molecule has 0 saturated carbocycles. The van der Waals surface area contributed by atoms with Crippen LogP contribution in [0.1, 0.15) is 11.5 Å². The second-order valence-electron chi connectivity index (χ2n) is 3.97. The Balaban J connectivity index is 2.38. The Morgan fingerprint density at radius 2 is 1.94 bits per heavy atom. The van der Waals surface area contributed by atoms with Crippen LogP contribution in [-0.2, 0) is 9.53 Å². The molecule has 2 rings (SSSR count). The summed E-state index contributed by atoms with van der Waals surface area (Å²) in [6.45, 7) is 0. The lowest BCUT2D eigenvalue weighted by molar-refractivity contribution is -0.146. The first-order valence-electron chi connectivity index (χ1n) is 5.26. The van der Waals surface area contributed by atoms with E-state index in [2.05, 4.69) is 4.74 Å². The van der Waals surface area contributed by atoms with Crippen LogP contribution in [-0.4, -0.2) is 19.0 Å². The Hall–Kier alpha value is -1.71. The van der Waals surface area contributed by atoms with E-state index >= 15 is 0 Å². The second kappa shape index (κ2) is 4.28. The van der Waals surface area contributed by atoms with E-state index in [1.54, 1.807) is 30.3 Å². The summed E-state index contributed by atoms with van der Waals surface area (Å²) in [5, 5.41) is 0. The number of halogens is 2. The van der Waals surface area contributed by atoms with Gasteiger partial charge in [-0.15, -0.1) is 0 Å². The van der Waals surface area contributed by atoms with Crippen LogP contribution in [0.2, 0.25) is 0 Å². The van der Waals surface area contributed by atoms with Gasteiger partial charge in [0.15, 0.2) is 0 Å². The number of benzene rings is 1. The van der Waals surface area contributed by atoms with E-state index < -0.39 is 23.7 Å². The fourth-order valence-corrected chi connectivity index (χ4v) is 2.13. The Labute approximate surface area is 97.9 Å². The molecule has 0 aliphatic heterocycles. The van der Waals surface area contributed by atoms with Crippen molar-refractivity contribution in [1.29, 1.82) is 0 Å². The predicted octanol–water partition coefficient (Wildman–Crippen LogP) is 2.76. The van der Waals surface area contributed by atoms with E-state index in [0.717, 1.165) is 6.08 Å². The molecule has 17 heavy (non-hydrogen) atoms. The number of allylic oxidation sites excluding steroid dienone is 1. The number of alkyl halides is 2. The van der Waals surface area contributed by atoms with Crippen LogP contribution in [0.5, 0.6) is 0 Å². The standard InChI is InChI=1S/C13H12F2O2/c1-17-12(16)10-7-8-13(14,15)11(10)9-5-3-2-4-6-9/h2-8,10-11H,1H3/t10-,11+/m1/s1. The number of rotatable bonds is 2. The highest BCUT2D eigenvalue weighted by Crippen LogP contribution is 2.46. The molecule has 1 aliphatic carbocycles. The fourth-order valence-electron chi connectivity index (χ4n) is 2.13. The van der Waals surface area contributed by atoms with E-state index in [-0.39, 0.29) is 0 Å². The van der Waals surface area contributed by atoms with Gasteiger partial charge < -0.3 is 4.74 Å². The highest BCUT2D eigenvalue weighted by atomic mass is 19.3. The molecule has 0 spiro atoms. The quantitative estimate of drug-likeness (QED) is 0.585. The normalized spacial score (nSPS) is 25.8. The van der Waals surface area contributed by atoms with E-state index in [9.17, 15) is 13.6 Å². The lowest BCUT2D eigenvalue weighted by atomic mass is 9.86. The molecule has 2 atom stereocenters. The molecular weight excluding hydrogens is 226 g/mol. The summed E-state index contributed by atoms with van der Waals surface area (Å²) < 4.78 is 32.0. The summed E-state index contributed by atoms with van der Waals surface area (Å²) in [4.78, 5) is 11.5. The molecular formula is C13H12F2O2. The largest absolute Gasteiger partial charge is 0.469 e. The van der Waals surface area contributed by atoms with Crippen molar-refractivity contribution in [2.45, 2.75) is 11.8 Å². The summed E-state index contributed by atoms with van der Waals surface area (Å²) in [5.74, 6) is -5.74. The van der Waals surface area contributed by atoms with Crippen LogP contribution < -0.4 is 0 Å². The number of hydrogen-bond donors (Lipinski definition) is 0. The maximum atomic E-state index is 13.7. The van der Waals surface area contributed by atoms with Gasteiger partial charge in [-0.05, 0) is 11.6 Å². The molecule has 0 radical (unpaired) electrons.